The fourth-order valence-electron chi connectivity index (χ4n) is 4.85. The summed E-state index contributed by atoms with van der Waals surface area (Å²) in [4.78, 5) is 32.0. The Hall–Kier alpha value is -5.69. The maximum Gasteiger partial charge on any atom is 0.264 e. The number of hydrogen-bond donors (Lipinski definition) is 2. The van der Waals surface area contributed by atoms with Gasteiger partial charge in [0.2, 0.25) is 0 Å². The fraction of sp³-hybridized carbons (Fsp3) is 0.129. The summed E-state index contributed by atoms with van der Waals surface area (Å²) in [6.45, 7) is 3.81. The van der Waals surface area contributed by atoms with Crippen molar-refractivity contribution in [2.24, 2.45) is 7.05 Å². The molecule has 0 aliphatic heterocycles. The third-order valence-corrected chi connectivity index (χ3v) is 6.85. The number of fused-ring (bicyclic) bond motifs is 2. The van der Waals surface area contributed by atoms with E-state index < -0.39 is 11.9 Å². The van der Waals surface area contributed by atoms with Gasteiger partial charge in [0, 0.05) is 42.6 Å². The molecule has 0 saturated carbocycles. The van der Waals surface area contributed by atoms with Gasteiger partial charge in [0.25, 0.3) is 11.5 Å². The molecule has 1 atom stereocenters. The van der Waals surface area contributed by atoms with Crippen LogP contribution in [0.3, 0.4) is 0 Å². The number of anilines is 1. The van der Waals surface area contributed by atoms with Gasteiger partial charge in [0.1, 0.15) is 5.56 Å². The number of nitrogens with zero attached hydrogens (tertiary/aromatic N) is 6. The summed E-state index contributed by atoms with van der Waals surface area (Å²) in [6.07, 6.45) is 6.74. The van der Waals surface area contributed by atoms with E-state index in [-0.39, 0.29) is 16.9 Å². The number of benzene rings is 2. The summed E-state index contributed by atoms with van der Waals surface area (Å²) in [5.41, 5.74) is 10.0. The molecule has 2 aromatic carbocycles. The molecule has 4 aromatic heterocycles. The van der Waals surface area contributed by atoms with Crippen molar-refractivity contribution in [2.75, 3.05) is 5.73 Å². The lowest BCUT2D eigenvalue weighted by Crippen LogP contribution is -2.32. The van der Waals surface area contributed by atoms with E-state index in [2.05, 4.69) is 32.3 Å². The first-order chi connectivity index (χ1) is 19.8. The van der Waals surface area contributed by atoms with Gasteiger partial charge in [-0.2, -0.15) is 5.10 Å². The zero-order chi connectivity index (χ0) is 28.7. The van der Waals surface area contributed by atoms with E-state index in [0.29, 0.717) is 33.4 Å². The highest BCUT2D eigenvalue weighted by atomic mass is 16.2. The molecule has 0 aliphatic rings. The van der Waals surface area contributed by atoms with Crippen LogP contribution in [0.25, 0.3) is 22.1 Å². The highest BCUT2D eigenvalue weighted by molar-refractivity contribution is 6.04. The molecule has 1 amide bonds. The molecule has 6 aromatic rings. The van der Waals surface area contributed by atoms with Crippen LogP contribution >= 0.6 is 0 Å². The molecule has 0 fully saturated rings. The Morgan fingerprint density at radius 2 is 1.90 bits per heavy atom. The van der Waals surface area contributed by atoms with Gasteiger partial charge in [-0.05, 0) is 49.6 Å². The van der Waals surface area contributed by atoms with Crippen molar-refractivity contribution >= 4 is 28.1 Å². The molecule has 202 valence electrons. The van der Waals surface area contributed by atoms with Crippen molar-refractivity contribution in [3.05, 3.63) is 118 Å². The first-order valence-electron chi connectivity index (χ1n) is 13.0. The van der Waals surface area contributed by atoms with Crippen LogP contribution in [-0.2, 0) is 7.05 Å². The average molecular weight is 543 g/mol. The van der Waals surface area contributed by atoms with Gasteiger partial charge in [-0.15, -0.1) is 5.10 Å². The Balaban J connectivity index is 1.49. The van der Waals surface area contributed by atoms with Crippen molar-refractivity contribution in [3.63, 3.8) is 0 Å². The van der Waals surface area contributed by atoms with Crippen molar-refractivity contribution in [1.29, 1.82) is 0 Å². The molecule has 0 bridgehead atoms. The number of nitrogen functional groups attached to an aromatic ring is 1. The van der Waals surface area contributed by atoms with E-state index in [4.69, 9.17) is 5.73 Å². The number of nitrogens with one attached hydrogen (secondary N) is 1. The number of nitrogens with two attached hydrogens (primary N) is 1. The van der Waals surface area contributed by atoms with E-state index >= 15 is 0 Å². The Kier molecular flexibility index (Phi) is 6.32. The minimum absolute atomic E-state index is 0.0691. The van der Waals surface area contributed by atoms with E-state index in [1.54, 1.807) is 33.9 Å². The minimum atomic E-state index is -0.580. The van der Waals surface area contributed by atoms with Gasteiger partial charge in [-0.1, -0.05) is 41.7 Å². The molecular formula is C31H26N8O2. The molecule has 10 nitrogen and oxygen atoms in total. The predicted octanol–water partition coefficient (Wildman–Crippen LogP) is 3.55. The van der Waals surface area contributed by atoms with Crippen LogP contribution in [-0.4, -0.2) is 34.9 Å². The number of pyridine rings is 1. The maximum atomic E-state index is 14.2. The smallest absolute Gasteiger partial charge is 0.264 e. The standard InChI is InChI=1S/C31H26N8O2/c1-19-8-12-24(13-9-19)39-25(20(2)35-30(40)27-28(32)36-38-15-5-14-33-29(27)38)16-23-7-4-6-22(26(23)31(39)41)11-10-21-17-34-37(3)18-21/h4-9,12-18,20H,1-3H3,(H2,32,36)(H,35,40). The number of carbonyl (C=O) groups excluding carboxylic acids is 1. The Labute approximate surface area is 235 Å². The number of rotatable bonds is 4. The molecule has 0 spiro atoms. The van der Waals surface area contributed by atoms with Crippen molar-refractivity contribution in [3.8, 4) is 17.5 Å². The lowest BCUT2D eigenvalue weighted by molar-refractivity contribution is 0.0941. The Morgan fingerprint density at radius 3 is 2.66 bits per heavy atom. The summed E-state index contributed by atoms with van der Waals surface area (Å²) in [6, 6.07) is 16.3. The van der Waals surface area contributed by atoms with Gasteiger partial charge < -0.3 is 11.1 Å². The number of carbonyl (C=O) groups is 1. The van der Waals surface area contributed by atoms with Gasteiger partial charge in [-0.25, -0.2) is 9.50 Å². The second kappa shape index (κ2) is 10.1. The largest absolute Gasteiger partial charge is 0.381 e. The highest BCUT2D eigenvalue weighted by Gasteiger charge is 2.24. The molecule has 1 unspecified atom stereocenters. The zero-order valence-corrected chi connectivity index (χ0v) is 22.7. The molecule has 0 saturated heterocycles. The third kappa shape index (κ3) is 4.70. The molecule has 0 radical (unpaired) electrons. The first kappa shape index (κ1) is 25.6. The Bertz CT molecular complexity index is 2070. The number of hydrogen-bond acceptors (Lipinski definition) is 6. The fourth-order valence-corrected chi connectivity index (χ4v) is 4.85. The molecule has 41 heavy (non-hydrogen) atoms. The molecule has 0 aliphatic carbocycles. The summed E-state index contributed by atoms with van der Waals surface area (Å²) in [7, 11) is 1.82. The maximum absolute atomic E-state index is 14.2. The normalized spacial score (nSPS) is 11.8. The quantitative estimate of drug-likeness (QED) is 0.328. The van der Waals surface area contributed by atoms with Gasteiger partial charge in [0.15, 0.2) is 11.5 Å². The molecule has 10 heteroatoms. The summed E-state index contributed by atoms with van der Waals surface area (Å²) >= 11 is 0. The first-order valence-corrected chi connectivity index (χ1v) is 13.0. The topological polar surface area (TPSA) is 125 Å². The van der Waals surface area contributed by atoms with Crippen LogP contribution in [0.5, 0.6) is 0 Å². The number of aryl methyl sites for hydroxylation is 2. The minimum Gasteiger partial charge on any atom is -0.381 e. The lowest BCUT2D eigenvalue weighted by atomic mass is 10.0. The SMILES string of the molecule is Cc1ccc(-n2c(C(C)NC(=O)c3c(N)nn4cccnc34)cc3cccc(C#Cc4cnn(C)c4)c3c2=O)cc1. The van der Waals surface area contributed by atoms with Crippen LogP contribution in [0.2, 0.25) is 0 Å². The number of amides is 1. The predicted molar refractivity (Wildman–Crippen MR) is 157 cm³/mol. The van der Waals surface area contributed by atoms with Gasteiger partial charge in [-0.3, -0.25) is 18.8 Å². The van der Waals surface area contributed by atoms with Gasteiger partial charge >= 0.3 is 0 Å². The second-order valence-electron chi connectivity index (χ2n) is 9.81. The van der Waals surface area contributed by atoms with E-state index in [1.807, 2.05) is 75.6 Å². The van der Waals surface area contributed by atoms with Crippen molar-refractivity contribution in [1.82, 2.24) is 34.3 Å². The zero-order valence-electron chi connectivity index (χ0n) is 22.7. The highest BCUT2D eigenvalue weighted by Crippen LogP contribution is 2.25. The van der Waals surface area contributed by atoms with Gasteiger partial charge in [0.05, 0.1) is 23.2 Å². The van der Waals surface area contributed by atoms with Crippen LogP contribution in [0.15, 0.2) is 84.2 Å². The van der Waals surface area contributed by atoms with E-state index in [9.17, 15) is 9.59 Å². The molecule has 6 rings (SSSR count). The monoisotopic (exact) mass is 542 g/mol. The summed E-state index contributed by atoms with van der Waals surface area (Å²) < 4.78 is 4.76. The van der Waals surface area contributed by atoms with E-state index in [1.165, 1.54) is 4.52 Å². The van der Waals surface area contributed by atoms with E-state index in [0.717, 1.165) is 11.1 Å². The molecular weight excluding hydrogens is 516 g/mol. The van der Waals surface area contributed by atoms with Crippen LogP contribution in [0.1, 0.15) is 45.7 Å². The van der Waals surface area contributed by atoms with Crippen LogP contribution < -0.4 is 16.6 Å². The van der Waals surface area contributed by atoms with Crippen LogP contribution in [0, 0.1) is 18.8 Å². The second-order valence-corrected chi connectivity index (χ2v) is 9.81. The summed E-state index contributed by atoms with van der Waals surface area (Å²) in [5.74, 6) is 5.88. The molecule has 4 heterocycles. The third-order valence-electron chi connectivity index (χ3n) is 6.85. The molecule has 3 N–H and O–H groups in total. The average Bonchev–Trinajstić information content (AvgIpc) is 3.53. The summed E-state index contributed by atoms with van der Waals surface area (Å²) in [5, 5.41) is 12.6. The van der Waals surface area contributed by atoms with Crippen molar-refractivity contribution in [2.45, 2.75) is 19.9 Å². The lowest BCUT2D eigenvalue weighted by Gasteiger charge is -2.21. The Morgan fingerprint density at radius 1 is 1.10 bits per heavy atom. The van der Waals surface area contributed by atoms with Crippen LogP contribution in [0.4, 0.5) is 5.82 Å². The number of aromatic nitrogens is 6. The van der Waals surface area contributed by atoms with Crippen molar-refractivity contribution < 1.29 is 4.79 Å².